The van der Waals surface area contributed by atoms with Gasteiger partial charge in [-0.05, 0) is 50.8 Å². The Labute approximate surface area is 131 Å². The zero-order valence-corrected chi connectivity index (χ0v) is 13.2. The Hall–Kier alpha value is -1.88. The minimum absolute atomic E-state index is 0.0226. The van der Waals surface area contributed by atoms with Crippen molar-refractivity contribution in [1.29, 1.82) is 0 Å². The van der Waals surface area contributed by atoms with E-state index in [1.54, 1.807) is 25.3 Å². The molecule has 0 atom stereocenters. The summed E-state index contributed by atoms with van der Waals surface area (Å²) in [5, 5.41) is 3.05. The molecule has 2 rings (SSSR count). The third kappa shape index (κ3) is 4.31. The zero-order chi connectivity index (χ0) is 16.1. The number of nitrogens with one attached hydrogen (secondary N) is 1. The molecule has 1 aromatic carbocycles. The molecule has 5 nitrogen and oxygen atoms in total. The predicted molar refractivity (Wildman–Crippen MR) is 85.1 cm³/mol. The van der Waals surface area contributed by atoms with Crippen LogP contribution in [0.1, 0.15) is 48.5 Å². The quantitative estimate of drug-likeness (QED) is 0.813. The first-order valence-electron chi connectivity index (χ1n) is 7.72. The molecule has 1 saturated carbocycles. The van der Waals surface area contributed by atoms with Crippen LogP contribution in [-0.4, -0.2) is 30.9 Å². The number of benzene rings is 1. The van der Waals surface area contributed by atoms with Crippen LogP contribution in [0.3, 0.4) is 0 Å². The van der Waals surface area contributed by atoms with Crippen LogP contribution in [-0.2, 0) is 11.2 Å². The molecule has 3 N–H and O–H groups in total. The van der Waals surface area contributed by atoms with Crippen molar-refractivity contribution in [3.8, 4) is 5.75 Å². The van der Waals surface area contributed by atoms with Crippen LogP contribution in [0.4, 0.5) is 0 Å². The van der Waals surface area contributed by atoms with Gasteiger partial charge in [-0.1, -0.05) is 0 Å². The van der Waals surface area contributed by atoms with Crippen molar-refractivity contribution in [2.24, 2.45) is 5.73 Å². The third-order valence-electron chi connectivity index (χ3n) is 4.17. The van der Waals surface area contributed by atoms with Crippen LogP contribution >= 0.6 is 0 Å². The lowest BCUT2D eigenvalue weighted by molar-refractivity contribution is -0.121. The van der Waals surface area contributed by atoms with E-state index in [1.165, 1.54) is 6.92 Å². The van der Waals surface area contributed by atoms with E-state index in [0.717, 1.165) is 31.2 Å². The maximum atomic E-state index is 12.2. The molecule has 0 aromatic heterocycles. The van der Waals surface area contributed by atoms with E-state index < -0.39 is 0 Å². The number of methoxy groups -OCH3 is 1. The second kappa shape index (κ2) is 7.40. The number of ether oxygens (including phenoxy) is 1. The van der Waals surface area contributed by atoms with Crippen molar-refractivity contribution in [3.05, 3.63) is 29.3 Å². The molecule has 5 heteroatoms. The van der Waals surface area contributed by atoms with Gasteiger partial charge in [0, 0.05) is 23.2 Å². The summed E-state index contributed by atoms with van der Waals surface area (Å²) >= 11 is 0. The smallest absolute Gasteiger partial charge is 0.224 e. The standard InChI is InChI=1S/C17H24N2O3/c1-11(20)12-3-8-16(22-2)13(9-12)10-17(21)19-15-6-4-14(18)5-7-15/h3,8-9,14-15H,4-7,10,18H2,1-2H3,(H,19,21). The van der Waals surface area contributed by atoms with Gasteiger partial charge >= 0.3 is 0 Å². The molecule has 0 radical (unpaired) electrons. The molecular weight excluding hydrogens is 280 g/mol. The monoisotopic (exact) mass is 304 g/mol. The maximum absolute atomic E-state index is 12.2. The lowest BCUT2D eigenvalue weighted by Gasteiger charge is -2.26. The number of hydrogen-bond acceptors (Lipinski definition) is 4. The van der Waals surface area contributed by atoms with Gasteiger partial charge in [0.1, 0.15) is 5.75 Å². The summed E-state index contributed by atoms with van der Waals surface area (Å²) in [6.45, 7) is 1.51. The average Bonchev–Trinajstić information content (AvgIpc) is 2.49. The largest absolute Gasteiger partial charge is 0.496 e. The fraction of sp³-hybridized carbons (Fsp3) is 0.529. The highest BCUT2D eigenvalue weighted by Crippen LogP contribution is 2.22. The van der Waals surface area contributed by atoms with E-state index in [4.69, 9.17) is 10.5 Å². The van der Waals surface area contributed by atoms with Crippen molar-refractivity contribution >= 4 is 11.7 Å². The Morgan fingerprint density at radius 1 is 1.27 bits per heavy atom. The Balaban J connectivity index is 2.01. The molecular formula is C17H24N2O3. The molecule has 1 fully saturated rings. The van der Waals surface area contributed by atoms with Crippen molar-refractivity contribution in [3.63, 3.8) is 0 Å². The van der Waals surface area contributed by atoms with Gasteiger partial charge in [0.25, 0.3) is 0 Å². The summed E-state index contributed by atoms with van der Waals surface area (Å²) in [6.07, 6.45) is 3.98. The maximum Gasteiger partial charge on any atom is 0.224 e. The second-order valence-corrected chi connectivity index (χ2v) is 5.94. The van der Waals surface area contributed by atoms with Gasteiger partial charge in [0.15, 0.2) is 5.78 Å². The normalized spacial score (nSPS) is 21.2. The minimum Gasteiger partial charge on any atom is -0.496 e. The van der Waals surface area contributed by atoms with Crippen LogP contribution in [0, 0.1) is 0 Å². The molecule has 1 aromatic rings. The first-order chi connectivity index (χ1) is 10.5. The second-order valence-electron chi connectivity index (χ2n) is 5.94. The minimum atomic E-state index is -0.0422. The van der Waals surface area contributed by atoms with Crippen LogP contribution in [0.25, 0.3) is 0 Å². The first-order valence-corrected chi connectivity index (χ1v) is 7.72. The number of ketones is 1. The summed E-state index contributed by atoms with van der Waals surface area (Å²) in [7, 11) is 1.56. The van der Waals surface area contributed by atoms with E-state index in [9.17, 15) is 9.59 Å². The molecule has 1 aliphatic carbocycles. The molecule has 0 unspecified atom stereocenters. The molecule has 22 heavy (non-hydrogen) atoms. The highest BCUT2D eigenvalue weighted by atomic mass is 16.5. The lowest BCUT2D eigenvalue weighted by atomic mass is 9.91. The molecule has 0 heterocycles. The van der Waals surface area contributed by atoms with Gasteiger partial charge in [-0.25, -0.2) is 0 Å². The summed E-state index contributed by atoms with van der Waals surface area (Å²) < 4.78 is 5.28. The van der Waals surface area contributed by atoms with Crippen molar-refractivity contribution in [2.75, 3.05) is 7.11 Å². The molecule has 1 aliphatic rings. The number of rotatable bonds is 5. The van der Waals surface area contributed by atoms with Crippen molar-refractivity contribution in [2.45, 2.75) is 51.1 Å². The van der Waals surface area contributed by atoms with E-state index >= 15 is 0 Å². The fourth-order valence-electron chi connectivity index (χ4n) is 2.85. The summed E-state index contributed by atoms with van der Waals surface area (Å²) in [4.78, 5) is 23.7. The molecule has 0 aliphatic heterocycles. The van der Waals surface area contributed by atoms with Gasteiger partial charge in [-0.2, -0.15) is 0 Å². The number of amides is 1. The number of carbonyl (C=O) groups excluding carboxylic acids is 2. The molecule has 0 spiro atoms. The third-order valence-corrected chi connectivity index (χ3v) is 4.17. The zero-order valence-electron chi connectivity index (χ0n) is 13.2. The highest BCUT2D eigenvalue weighted by molar-refractivity contribution is 5.94. The number of carbonyl (C=O) groups is 2. The van der Waals surface area contributed by atoms with E-state index in [1.807, 2.05) is 0 Å². The predicted octanol–water partition coefficient (Wildman–Crippen LogP) is 1.83. The summed E-state index contributed by atoms with van der Waals surface area (Å²) in [5.41, 5.74) is 7.20. The number of nitrogens with two attached hydrogens (primary N) is 1. The Morgan fingerprint density at radius 2 is 1.95 bits per heavy atom. The summed E-state index contributed by atoms with van der Waals surface area (Å²) in [6, 6.07) is 5.65. The van der Waals surface area contributed by atoms with Crippen LogP contribution in [0.2, 0.25) is 0 Å². The van der Waals surface area contributed by atoms with Gasteiger partial charge in [0.05, 0.1) is 13.5 Å². The Kier molecular flexibility index (Phi) is 5.55. The van der Waals surface area contributed by atoms with Crippen LogP contribution in [0.5, 0.6) is 5.75 Å². The topological polar surface area (TPSA) is 81.4 Å². The van der Waals surface area contributed by atoms with E-state index in [-0.39, 0.29) is 30.2 Å². The lowest BCUT2D eigenvalue weighted by Crippen LogP contribution is -2.41. The van der Waals surface area contributed by atoms with Gasteiger partial charge in [-0.3, -0.25) is 9.59 Å². The van der Waals surface area contributed by atoms with Crippen LogP contribution < -0.4 is 15.8 Å². The Bertz CT molecular complexity index is 549. The number of hydrogen-bond donors (Lipinski definition) is 2. The molecule has 120 valence electrons. The summed E-state index contributed by atoms with van der Waals surface area (Å²) in [5.74, 6) is 0.566. The van der Waals surface area contributed by atoms with E-state index in [0.29, 0.717) is 11.3 Å². The first kappa shape index (κ1) is 16.5. The van der Waals surface area contributed by atoms with E-state index in [2.05, 4.69) is 5.32 Å². The fourth-order valence-corrected chi connectivity index (χ4v) is 2.85. The van der Waals surface area contributed by atoms with Crippen molar-refractivity contribution in [1.82, 2.24) is 5.32 Å². The molecule has 0 bridgehead atoms. The van der Waals surface area contributed by atoms with Gasteiger partial charge in [-0.15, -0.1) is 0 Å². The van der Waals surface area contributed by atoms with Gasteiger partial charge < -0.3 is 15.8 Å². The number of Topliss-reactive ketones (excluding diaryl/α,β-unsaturated/α-hetero) is 1. The highest BCUT2D eigenvalue weighted by Gasteiger charge is 2.20. The SMILES string of the molecule is COc1ccc(C(C)=O)cc1CC(=O)NC1CCC(N)CC1. The average molecular weight is 304 g/mol. The molecule has 0 saturated heterocycles. The van der Waals surface area contributed by atoms with Crippen molar-refractivity contribution < 1.29 is 14.3 Å². The van der Waals surface area contributed by atoms with Crippen LogP contribution in [0.15, 0.2) is 18.2 Å². The molecule has 1 amide bonds. The van der Waals surface area contributed by atoms with Gasteiger partial charge in [0.2, 0.25) is 5.91 Å². The Morgan fingerprint density at radius 3 is 2.55 bits per heavy atom.